The first-order valence-corrected chi connectivity index (χ1v) is 6.69. The van der Waals surface area contributed by atoms with Crippen LogP contribution in [0.4, 0.5) is 13.2 Å². The average molecular weight is 305 g/mol. The zero-order valence-corrected chi connectivity index (χ0v) is 11.6. The zero-order valence-electron chi connectivity index (χ0n) is 11.6. The maximum atomic E-state index is 12.3. The molecule has 0 aromatic heterocycles. The smallest absolute Gasteiger partial charge is 0.496 e. The van der Waals surface area contributed by atoms with Crippen molar-refractivity contribution in [2.45, 2.75) is 37.8 Å². The number of benzene rings is 1. The quantitative estimate of drug-likeness (QED) is 0.878. The maximum absolute atomic E-state index is 12.3. The van der Waals surface area contributed by atoms with Crippen LogP contribution in [-0.4, -0.2) is 24.7 Å². The predicted molar refractivity (Wildman–Crippen MR) is 70.0 cm³/mol. The number of rotatable bonds is 5. The molecular weight excluding hydrogens is 287 g/mol. The van der Waals surface area contributed by atoms with E-state index in [1.165, 1.54) is 19.2 Å². The van der Waals surface area contributed by atoms with Crippen molar-refractivity contribution in [2.24, 2.45) is 11.7 Å². The molecule has 1 aliphatic rings. The van der Waals surface area contributed by atoms with Gasteiger partial charge < -0.3 is 20.3 Å². The third kappa shape index (κ3) is 3.79. The van der Waals surface area contributed by atoms with Crippen molar-refractivity contribution in [2.75, 3.05) is 7.11 Å². The highest BCUT2D eigenvalue weighted by atomic mass is 19.4. The summed E-state index contributed by atoms with van der Waals surface area (Å²) in [5, 5.41) is 10.2. The van der Waals surface area contributed by atoms with Gasteiger partial charge in [0.2, 0.25) is 0 Å². The van der Waals surface area contributed by atoms with Crippen molar-refractivity contribution in [3.05, 3.63) is 23.8 Å². The molecule has 0 radical (unpaired) electrons. The molecule has 0 bridgehead atoms. The average Bonchev–Trinajstić information content (AvgIpc) is 2.33. The largest absolute Gasteiger partial charge is 0.573 e. The molecule has 0 aliphatic heterocycles. The normalized spacial score (nSPS) is 18.8. The third-order valence-corrected chi connectivity index (χ3v) is 3.79. The molecule has 4 nitrogen and oxygen atoms in total. The number of hydrogen-bond donors (Lipinski definition) is 2. The maximum Gasteiger partial charge on any atom is 0.573 e. The Labute approximate surface area is 120 Å². The van der Waals surface area contributed by atoms with Gasteiger partial charge in [-0.25, -0.2) is 0 Å². The Kier molecular flexibility index (Phi) is 4.63. The van der Waals surface area contributed by atoms with E-state index in [1.54, 1.807) is 0 Å². The summed E-state index contributed by atoms with van der Waals surface area (Å²) in [5.41, 5.74) is 6.30. The second-order valence-corrected chi connectivity index (χ2v) is 5.16. The molecule has 0 spiro atoms. The first kappa shape index (κ1) is 15.9. The highest BCUT2D eigenvalue weighted by Crippen LogP contribution is 2.38. The second-order valence-electron chi connectivity index (χ2n) is 5.16. The minimum absolute atomic E-state index is 0.0805. The van der Waals surface area contributed by atoms with Gasteiger partial charge in [-0.05, 0) is 37.0 Å². The molecule has 1 aliphatic carbocycles. The number of halogens is 3. The van der Waals surface area contributed by atoms with Crippen LogP contribution in [0.15, 0.2) is 18.2 Å². The Bertz CT molecular complexity index is 489. The van der Waals surface area contributed by atoms with E-state index in [-0.39, 0.29) is 11.7 Å². The number of methoxy groups -OCH3 is 1. The molecule has 7 heteroatoms. The molecule has 2 atom stereocenters. The van der Waals surface area contributed by atoms with Gasteiger partial charge in [0.1, 0.15) is 11.5 Å². The molecule has 3 N–H and O–H groups in total. The second kappa shape index (κ2) is 6.11. The molecule has 21 heavy (non-hydrogen) atoms. The Morgan fingerprint density at radius 3 is 2.48 bits per heavy atom. The highest BCUT2D eigenvalue weighted by Gasteiger charge is 2.34. The Morgan fingerprint density at radius 2 is 2.00 bits per heavy atom. The summed E-state index contributed by atoms with van der Waals surface area (Å²) in [4.78, 5) is 0. The van der Waals surface area contributed by atoms with Crippen LogP contribution < -0.4 is 15.2 Å². The number of ether oxygens (including phenoxy) is 2. The van der Waals surface area contributed by atoms with Gasteiger partial charge in [-0.3, -0.25) is 0 Å². The SMILES string of the molecule is COc1ccc(OC(F)(F)F)cc1[C@H](N)[C@H](O)C1CCC1. The van der Waals surface area contributed by atoms with Gasteiger partial charge >= 0.3 is 6.36 Å². The van der Waals surface area contributed by atoms with Gasteiger partial charge in [-0.1, -0.05) is 6.42 Å². The lowest BCUT2D eigenvalue weighted by atomic mass is 9.77. The van der Waals surface area contributed by atoms with Crippen LogP contribution in [0.2, 0.25) is 0 Å². The first-order valence-electron chi connectivity index (χ1n) is 6.69. The van der Waals surface area contributed by atoms with E-state index in [4.69, 9.17) is 10.5 Å². The molecule has 2 rings (SSSR count). The number of aliphatic hydroxyl groups excluding tert-OH is 1. The molecule has 1 aromatic carbocycles. The summed E-state index contributed by atoms with van der Waals surface area (Å²) in [6.45, 7) is 0. The van der Waals surface area contributed by atoms with Crippen LogP contribution in [0.25, 0.3) is 0 Å². The number of aliphatic hydroxyl groups is 1. The van der Waals surface area contributed by atoms with Crippen molar-refractivity contribution in [3.63, 3.8) is 0 Å². The molecule has 118 valence electrons. The monoisotopic (exact) mass is 305 g/mol. The standard InChI is InChI=1S/C14H18F3NO3/c1-20-11-6-5-9(21-14(15,16)17)7-10(11)12(18)13(19)8-3-2-4-8/h5-8,12-13,19H,2-4,18H2,1H3/t12-,13+/m0/s1. The van der Waals surface area contributed by atoms with E-state index in [0.717, 1.165) is 25.3 Å². The van der Waals surface area contributed by atoms with Gasteiger partial charge in [-0.15, -0.1) is 13.2 Å². The van der Waals surface area contributed by atoms with Crippen molar-refractivity contribution in [1.82, 2.24) is 0 Å². The van der Waals surface area contributed by atoms with Crippen LogP contribution in [0.1, 0.15) is 30.9 Å². The van der Waals surface area contributed by atoms with Gasteiger partial charge in [0.05, 0.1) is 19.3 Å². The van der Waals surface area contributed by atoms with Gasteiger partial charge in [0, 0.05) is 5.56 Å². The van der Waals surface area contributed by atoms with Crippen LogP contribution in [0.3, 0.4) is 0 Å². The lowest BCUT2D eigenvalue weighted by Crippen LogP contribution is -2.36. The summed E-state index contributed by atoms with van der Waals surface area (Å²) < 4.78 is 45.8. The summed E-state index contributed by atoms with van der Waals surface area (Å²) in [5.74, 6) is 0.0295. The van der Waals surface area contributed by atoms with E-state index in [1.807, 2.05) is 0 Å². The topological polar surface area (TPSA) is 64.7 Å². The van der Waals surface area contributed by atoms with Crippen molar-refractivity contribution in [3.8, 4) is 11.5 Å². The van der Waals surface area contributed by atoms with E-state index in [0.29, 0.717) is 11.3 Å². The lowest BCUT2D eigenvalue weighted by molar-refractivity contribution is -0.274. The lowest BCUT2D eigenvalue weighted by Gasteiger charge is -2.34. The summed E-state index contributed by atoms with van der Waals surface area (Å²) in [7, 11) is 1.39. The third-order valence-electron chi connectivity index (χ3n) is 3.79. The molecule has 0 heterocycles. The molecule has 0 amide bonds. The van der Waals surface area contributed by atoms with Gasteiger partial charge in [0.15, 0.2) is 0 Å². The number of alkyl halides is 3. The summed E-state index contributed by atoms with van der Waals surface area (Å²) in [6.07, 6.45) is -2.81. The van der Waals surface area contributed by atoms with E-state index < -0.39 is 18.5 Å². The van der Waals surface area contributed by atoms with Crippen molar-refractivity contribution < 1.29 is 27.8 Å². The molecule has 1 saturated carbocycles. The predicted octanol–water partition coefficient (Wildman–Crippen LogP) is 2.75. The minimum Gasteiger partial charge on any atom is -0.496 e. The first-order chi connectivity index (χ1) is 9.81. The van der Waals surface area contributed by atoms with Gasteiger partial charge in [0.25, 0.3) is 0 Å². The zero-order chi connectivity index (χ0) is 15.6. The van der Waals surface area contributed by atoms with E-state index in [9.17, 15) is 18.3 Å². The van der Waals surface area contributed by atoms with Crippen molar-refractivity contribution >= 4 is 0 Å². The molecular formula is C14H18F3NO3. The summed E-state index contributed by atoms with van der Waals surface area (Å²) in [6, 6.07) is 2.85. The highest BCUT2D eigenvalue weighted by molar-refractivity contribution is 5.42. The fraction of sp³-hybridized carbons (Fsp3) is 0.571. The Balaban J connectivity index is 2.24. The fourth-order valence-electron chi connectivity index (χ4n) is 2.43. The van der Waals surface area contributed by atoms with Crippen LogP contribution >= 0.6 is 0 Å². The fourth-order valence-corrected chi connectivity index (χ4v) is 2.43. The Hall–Kier alpha value is -1.47. The van der Waals surface area contributed by atoms with E-state index >= 15 is 0 Å². The minimum atomic E-state index is -4.78. The van der Waals surface area contributed by atoms with E-state index in [2.05, 4.69) is 4.74 Å². The number of nitrogens with two attached hydrogens (primary N) is 1. The van der Waals surface area contributed by atoms with Gasteiger partial charge in [-0.2, -0.15) is 0 Å². The van der Waals surface area contributed by atoms with Crippen molar-refractivity contribution in [1.29, 1.82) is 0 Å². The Morgan fingerprint density at radius 1 is 1.33 bits per heavy atom. The summed E-state index contributed by atoms with van der Waals surface area (Å²) >= 11 is 0. The van der Waals surface area contributed by atoms with Crippen LogP contribution in [0.5, 0.6) is 11.5 Å². The molecule has 0 saturated heterocycles. The molecule has 1 aromatic rings. The van der Waals surface area contributed by atoms with Crippen LogP contribution in [0, 0.1) is 5.92 Å². The number of hydrogen-bond acceptors (Lipinski definition) is 4. The molecule has 0 unspecified atom stereocenters. The van der Waals surface area contributed by atoms with Crippen LogP contribution in [-0.2, 0) is 0 Å². The molecule has 1 fully saturated rings.